The molecule has 0 aromatic carbocycles. The summed E-state index contributed by atoms with van der Waals surface area (Å²) in [5, 5.41) is 10.7. The highest BCUT2D eigenvalue weighted by molar-refractivity contribution is 5.02. The fraction of sp³-hybridized carbons (Fsp3) is 1.00. The van der Waals surface area contributed by atoms with E-state index in [9.17, 15) is 5.11 Å². The van der Waals surface area contributed by atoms with Gasteiger partial charge in [0.05, 0.1) is 18.8 Å². The van der Waals surface area contributed by atoms with Crippen molar-refractivity contribution in [2.75, 3.05) is 13.2 Å². The van der Waals surface area contributed by atoms with Crippen molar-refractivity contribution in [3.8, 4) is 0 Å². The summed E-state index contributed by atoms with van der Waals surface area (Å²) in [4.78, 5) is 0. The van der Waals surface area contributed by atoms with E-state index in [1.54, 1.807) is 0 Å². The average Bonchev–Trinajstić information content (AvgIpc) is 2.67. The molecule has 3 fully saturated rings. The SMILES string of the molecule is O[C@@]12CCCC[C@H]1C1(CCC2)OCCO1. The first-order valence-electron chi connectivity index (χ1n) is 6.26. The number of rotatable bonds is 0. The van der Waals surface area contributed by atoms with Crippen LogP contribution in [0.4, 0.5) is 0 Å². The Morgan fingerprint density at radius 3 is 2.47 bits per heavy atom. The van der Waals surface area contributed by atoms with Crippen LogP contribution in [0, 0.1) is 5.92 Å². The van der Waals surface area contributed by atoms with Crippen molar-refractivity contribution in [1.29, 1.82) is 0 Å². The molecule has 0 bridgehead atoms. The van der Waals surface area contributed by atoms with E-state index in [4.69, 9.17) is 9.47 Å². The normalized spacial score (nSPS) is 44.2. The molecule has 2 saturated carbocycles. The van der Waals surface area contributed by atoms with Gasteiger partial charge in [-0.15, -0.1) is 0 Å². The van der Waals surface area contributed by atoms with Crippen LogP contribution in [0.3, 0.4) is 0 Å². The second-order valence-electron chi connectivity index (χ2n) is 5.26. The molecule has 0 aromatic heterocycles. The van der Waals surface area contributed by atoms with Gasteiger partial charge in [0.2, 0.25) is 0 Å². The maximum atomic E-state index is 10.7. The molecular weight excluding hydrogens is 192 g/mol. The number of fused-ring (bicyclic) bond motifs is 2. The van der Waals surface area contributed by atoms with Crippen molar-refractivity contribution in [3.05, 3.63) is 0 Å². The van der Waals surface area contributed by atoms with Gasteiger partial charge in [0.1, 0.15) is 0 Å². The molecule has 0 radical (unpaired) electrons. The van der Waals surface area contributed by atoms with E-state index in [2.05, 4.69) is 0 Å². The lowest BCUT2D eigenvalue weighted by Gasteiger charge is -2.51. The van der Waals surface area contributed by atoms with Crippen LogP contribution in [0.1, 0.15) is 44.9 Å². The lowest BCUT2D eigenvalue weighted by atomic mass is 9.64. The first-order valence-corrected chi connectivity index (χ1v) is 6.26. The highest BCUT2D eigenvalue weighted by atomic mass is 16.7. The summed E-state index contributed by atoms with van der Waals surface area (Å²) >= 11 is 0. The van der Waals surface area contributed by atoms with E-state index in [0.717, 1.165) is 38.5 Å². The van der Waals surface area contributed by atoms with Crippen molar-refractivity contribution in [1.82, 2.24) is 0 Å². The average molecular weight is 212 g/mol. The Balaban J connectivity index is 1.89. The number of hydrogen-bond acceptors (Lipinski definition) is 3. The minimum Gasteiger partial charge on any atom is -0.389 e. The quantitative estimate of drug-likeness (QED) is 0.666. The standard InChI is InChI=1S/C12H20O3/c13-11-5-2-1-4-10(11)12(7-3-6-11)14-8-9-15-12/h10,13H,1-9H2/t10-,11-/m1/s1. The monoisotopic (exact) mass is 212 g/mol. The predicted octanol–water partition coefficient (Wildman–Crippen LogP) is 1.83. The Kier molecular flexibility index (Phi) is 2.31. The summed E-state index contributed by atoms with van der Waals surface area (Å²) in [5.74, 6) is -0.206. The minimum absolute atomic E-state index is 0.218. The Bertz CT molecular complexity index is 243. The fourth-order valence-corrected chi connectivity index (χ4v) is 3.78. The Labute approximate surface area is 90.8 Å². The van der Waals surface area contributed by atoms with Gasteiger partial charge in [-0.05, 0) is 25.7 Å². The number of hydrogen-bond donors (Lipinski definition) is 1. The fourth-order valence-electron chi connectivity index (χ4n) is 3.78. The molecule has 1 saturated heterocycles. The summed E-state index contributed by atoms with van der Waals surface area (Å²) in [6.07, 6.45) is 7.31. The summed E-state index contributed by atoms with van der Waals surface area (Å²) in [6.45, 7) is 1.40. The van der Waals surface area contributed by atoms with Gasteiger partial charge in [-0.1, -0.05) is 12.8 Å². The zero-order valence-corrected chi connectivity index (χ0v) is 9.21. The van der Waals surface area contributed by atoms with Gasteiger partial charge in [0, 0.05) is 12.3 Å². The van der Waals surface area contributed by atoms with Gasteiger partial charge in [-0.3, -0.25) is 0 Å². The molecule has 2 atom stereocenters. The van der Waals surface area contributed by atoms with Gasteiger partial charge >= 0.3 is 0 Å². The molecule has 1 N–H and O–H groups in total. The van der Waals surface area contributed by atoms with Crippen LogP contribution < -0.4 is 0 Å². The van der Waals surface area contributed by atoms with Crippen LogP contribution >= 0.6 is 0 Å². The molecule has 3 heteroatoms. The maximum absolute atomic E-state index is 10.7. The highest BCUT2D eigenvalue weighted by Gasteiger charge is 2.56. The molecule has 86 valence electrons. The number of aliphatic hydroxyl groups is 1. The molecule has 3 aliphatic rings. The zero-order valence-electron chi connectivity index (χ0n) is 9.21. The second-order valence-corrected chi connectivity index (χ2v) is 5.26. The smallest absolute Gasteiger partial charge is 0.174 e. The third-order valence-electron chi connectivity index (χ3n) is 4.44. The van der Waals surface area contributed by atoms with Crippen molar-refractivity contribution >= 4 is 0 Å². The molecule has 1 heterocycles. The predicted molar refractivity (Wildman–Crippen MR) is 55.4 cm³/mol. The molecule has 15 heavy (non-hydrogen) atoms. The van der Waals surface area contributed by atoms with Crippen LogP contribution in [0.15, 0.2) is 0 Å². The largest absolute Gasteiger partial charge is 0.389 e. The Hall–Kier alpha value is -0.120. The molecule has 0 amide bonds. The van der Waals surface area contributed by atoms with E-state index in [-0.39, 0.29) is 5.92 Å². The van der Waals surface area contributed by atoms with Crippen molar-refractivity contribution in [2.45, 2.75) is 56.3 Å². The van der Waals surface area contributed by atoms with Crippen LogP contribution in [0.5, 0.6) is 0 Å². The van der Waals surface area contributed by atoms with Gasteiger partial charge in [0.25, 0.3) is 0 Å². The maximum Gasteiger partial charge on any atom is 0.174 e. The summed E-state index contributed by atoms with van der Waals surface area (Å²) < 4.78 is 11.7. The molecule has 3 rings (SSSR count). The van der Waals surface area contributed by atoms with Gasteiger partial charge in [-0.2, -0.15) is 0 Å². The molecule has 0 unspecified atom stereocenters. The van der Waals surface area contributed by atoms with Crippen molar-refractivity contribution < 1.29 is 14.6 Å². The third kappa shape index (κ3) is 1.44. The molecular formula is C12H20O3. The summed E-state index contributed by atoms with van der Waals surface area (Å²) in [5.41, 5.74) is -0.499. The summed E-state index contributed by atoms with van der Waals surface area (Å²) in [7, 11) is 0. The third-order valence-corrected chi connectivity index (χ3v) is 4.44. The van der Waals surface area contributed by atoms with Crippen LogP contribution in [-0.2, 0) is 9.47 Å². The van der Waals surface area contributed by atoms with Crippen LogP contribution in [-0.4, -0.2) is 29.7 Å². The lowest BCUT2D eigenvalue weighted by Crippen LogP contribution is -2.57. The van der Waals surface area contributed by atoms with E-state index >= 15 is 0 Å². The van der Waals surface area contributed by atoms with E-state index < -0.39 is 11.4 Å². The highest BCUT2D eigenvalue weighted by Crippen LogP contribution is 2.51. The van der Waals surface area contributed by atoms with E-state index in [1.807, 2.05) is 0 Å². The van der Waals surface area contributed by atoms with Gasteiger partial charge in [0.15, 0.2) is 5.79 Å². The van der Waals surface area contributed by atoms with E-state index in [0.29, 0.717) is 13.2 Å². The van der Waals surface area contributed by atoms with Crippen LogP contribution in [0.25, 0.3) is 0 Å². The summed E-state index contributed by atoms with van der Waals surface area (Å²) in [6, 6.07) is 0. The lowest BCUT2D eigenvalue weighted by molar-refractivity contribution is -0.271. The topological polar surface area (TPSA) is 38.7 Å². The molecule has 1 spiro atoms. The minimum atomic E-state index is -0.499. The van der Waals surface area contributed by atoms with Crippen LogP contribution in [0.2, 0.25) is 0 Å². The van der Waals surface area contributed by atoms with Gasteiger partial charge in [-0.25, -0.2) is 0 Å². The first-order chi connectivity index (χ1) is 7.25. The number of ether oxygens (including phenoxy) is 2. The first kappa shape index (κ1) is 10.1. The Morgan fingerprint density at radius 2 is 1.67 bits per heavy atom. The molecule has 3 nitrogen and oxygen atoms in total. The Morgan fingerprint density at radius 1 is 0.933 bits per heavy atom. The van der Waals surface area contributed by atoms with Crippen molar-refractivity contribution in [2.24, 2.45) is 5.92 Å². The van der Waals surface area contributed by atoms with Crippen molar-refractivity contribution in [3.63, 3.8) is 0 Å². The molecule has 2 aliphatic carbocycles. The zero-order chi connectivity index (χ0) is 10.4. The van der Waals surface area contributed by atoms with E-state index in [1.165, 1.54) is 6.42 Å². The molecule has 1 aliphatic heterocycles. The van der Waals surface area contributed by atoms with Gasteiger partial charge < -0.3 is 14.6 Å². The second kappa shape index (κ2) is 3.44. The molecule has 0 aromatic rings.